The summed E-state index contributed by atoms with van der Waals surface area (Å²) in [6.45, 7) is 3.81. The van der Waals surface area contributed by atoms with Gasteiger partial charge < -0.3 is 9.47 Å². The molecule has 144 valence electrons. The molecular formula is C21H20N2O4S. The molecule has 0 aromatic heterocycles. The van der Waals surface area contributed by atoms with E-state index in [4.69, 9.17) is 21.7 Å². The lowest BCUT2D eigenvalue weighted by atomic mass is 10.1. The number of benzene rings is 2. The van der Waals surface area contributed by atoms with E-state index < -0.39 is 11.8 Å². The van der Waals surface area contributed by atoms with E-state index in [-0.39, 0.29) is 16.8 Å². The van der Waals surface area contributed by atoms with Crippen molar-refractivity contribution >= 4 is 40.9 Å². The molecule has 7 heteroatoms. The second-order valence-corrected chi connectivity index (χ2v) is 6.72. The van der Waals surface area contributed by atoms with Crippen LogP contribution in [-0.4, -0.2) is 30.1 Å². The van der Waals surface area contributed by atoms with Crippen molar-refractivity contribution in [3.63, 3.8) is 0 Å². The van der Waals surface area contributed by atoms with Crippen molar-refractivity contribution in [2.75, 3.05) is 12.0 Å². The number of amides is 2. The average molecular weight is 396 g/mol. The molecule has 0 spiro atoms. The Hall–Kier alpha value is -3.19. The number of nitrogens with zero attached hydrogens (tertiary/aromatic N) is 1. The van der Waals surface area contributed by atoms with Crippen LogP contribution in [0.4, 0.5) is 5.69 Å². The lowest BCUT2D eigenvalue weighted by Crippen LogP contribution is -2.54. The van der Waals surface area contributed by atoms with Gasteiger partial charge in [0.1, 0.15) is 17.1 Å². The summed E-state index contributed by atoms with van der Waals surface area (Å²) in [7, 11) is 1.51. The van der Waals surface area contributed by atoms with Gasteiger partial charge >= 0.3 is 0 Å². The Bertz CT molecular complexity index is 968. The summed E-state index contributed by atoms with van der Waals surface area (Å²) in [5, 5.41) is 2.58. The van der Waals surface area contributed by atoms with E-state index in [1.807, 2.05) is 26.0 Å². The highest BCUT2D eigenvalue weighted by Gasteiger charge is 2.35. The van der Waals surface area contributed by atoms with E-state index in [0.717, 1.165) is 0 Å². The molecule has 1 fully saturated rings. The van der Waals surface area contributed by atoms with E-state index >= 15 is 0 Å². The van der Waals surface area contributed by atoms with Crippen LogP contribution in [0.15, 0.2) is 54.1 Å². The van der Waals surface area contributed by atoms with Gasteiger partial charge in [0.05, 0.1) is 18.9 Å². The SMILES string of the molecule is COc1ccccc1N1C(=O)/C(=C/c2ccccc2OC(C)C)C(=O)NC1=S. The number of hydrogen-bond donors (Lipinski definition) is 1. The van der Waals surface area contributed by atoms with Gasteiger partial charge in [0.15, 0.2) is 5.11 Å². The number of thiocarbonyl (C=S) groups is 1. The summed E-state index contributed by atoms with van der Waals surface area (Å²) in [5.41, 5.74) is 1.04. The number of para-hydroxylation sites is 3. The molecule has 0 atom stereocenters. The maximum atomic E-state index is 13.2. The zero-order valence-corrected chi connectivity index (χ0v) is 16.6. The minimum absolute atomic E-state index is 0.00312. The third-order valence-electron chi connectivity index (χ3n) is 4.01. The van der Waals surface area contributed by atoms with Gasteiger partial charge in [0.2, 0.25) is 0 Å². The summed E-state index contributed by atoms with van der Waals surface area (Å²) in [4.78, 5) is 26.9. The lowest BCUT2D eigenvalue weighted by Gasteiger charge is -2.29. The monoisotopic (exact) mass is 396 g/mol. The van der Waals surface area contributed by atoms with Crippen LogP contribution in [0.1, 0.15) is 19.4 Å². The molecular weight excluding hydrogens is 376 g/mol. The van der Waals surface area contributed by atoms with E-state index in [1.165, 1.54) is 18.1 Å². The van der Waals surface area contributed by atoms with Crippen LogP contribution in [0.5, 0.6) is 11.5 Å². The van der Waals surface area contributed by atoms with Gasteiger partial charge in [-0.1, -0.05) is 30.3 Å². The van der Waals surface area contributed by atoms with Crippen molar-refractivity contribution in [1.29, 1.82) is 0 Å². The number of methoxy groups -OCH3 is 1. The lowest BCUT2D eigenvalue weighted by molar-refractivity contribution is -0.122. The maximum Gasteiger partial charge on any atom is 0.270 e. The Balaban J connectivity index is 2.05. The molecule has 0 bridgehead atoms. The molecule has 3 rings (SSSR count). The largest absolute Gasteiger partial charge is 0.495 e. The topological polar surface area (TPSA) is 67.9 Å². The molecule has 6 nitrogen and oxygen atoms in total. The van der Waals surface area contributed by atoms with Gasteiger partial charge in [0.25, 0.3) is 11.8 Å². The van der Waals surface area contributed by atoms with Gasteiger partial charge in [-0.2, -0.15) is 0 Å². The zero-order valence-electron chi connectivity index (χ0n) is 15.8. The van der Waals surface area contributed by atoms with E-state index in [2.05, 4.69) is 5.32 Å². The standard InChI is InChI=1S/C21H20N2O4S/c1-13(2)27-17-10-6-4-8-14(17)12-15-19(24)22-21(28)23(20(15)25)16-9-5-7-11-18(16)26-3/h4-13H,1-3H3,(H,22,24,28)/b15-12+. The fraction of sp³-hybridized carbons (Fsp3) is 0.190. The second kappa shape index (κ2) is 8.22. The van der Waals surface area contributed by atoms with Crippen LogP contribution < -0.4 is 19.7 Å². The van der Waals surface area contributed by atoms with Crippen molar-refractivity contribution in [1.82, 2.24) is 5.32 Å². The van der Waals surface area contributed by atoms with Crippen LogP contribution in [0.3, 0.4) is 0 Å². The van der Waals surface area contributed by atoms with Crippen LogP contribution >= 0.6 is 12.2 Å². The average Bonchev–Trinajstić information content (AvgIpc) is 2.66. The molecule has 0 radical (unpaired) electrons. The van der Waals surface area contributed by atoms with Crippen LogP contribution in [0, 0.1) is 0 Å². The highest BCUT2D eigenvalue weighted by atomic mass is 32.1. The third-order valence-corrected chi connectivity index (χ3v) is 4.29. The molecule has 2 amide bonds. The third kappa shape index (κ3) is 3.89. The summed E-state index contributed by atoms with van der Waals surface area (Å²) >= 11 is 5.24. The number of ether oxygens (including phenoxy) is 2. The Kier molecular flexibility index (Phi) is 5.75. The smallest absolute Gasteiger partial charge is 0.270 e. The molecule has 0 aliphatic carbocycles. The normalized spacial score (nSPS) is 15.8. The van der Waals surface area contributed by atoms with Gasteiger partial charge in [-0.15, -0.1) is 0 Å². The number of rotatable bonds is 5. The van der Waals surface area contributed by atoms with Gasteiger partial charge in [0, 0.05) is 5.56 Å². The Morgan fingerprint density at radius 2 is 1.68 bits per heavy atom. The first kappa shape index (κ1) is 19.6. The predicted molar refractivity (Wildman–Crippen MR) is 111 cm³/mol. The summed E-state index contributed by atoms with van der Waals surface area (Å²) in [5.74, 6) is -0.0297. The molecule has 1 heterocycles. The highest BCUT2D eigenvalue weighted by molar-refractivity contribution is 7.80. The number of carbonyl (C=O) groups excluding carboxylic acids is 2. The van der Waals surface area contributed by atoms with Crippen molar-refractivity contribution in [2.45, 2.75) is 20.0 Å². The van der Waals surface area contributed by atoms with Gasteiger partial charge in [-0.3, -0.25) is 14.9 Å². The van der Waals surface area contributed by atoms with E-state index in [9.17, 15) is 9.59 Å². The molecule has 1 aliphatic rings. The van der Waals surface area contributed by atoms with Crippen LogP contribution in [-0.2, 0) is 9.59 Å². The summed E-state index contributed by atoms with van der Waals surface area (Å²) in [6, 6.07) is 14.2. The van der Waals surface area contributed by atoms with Crippen LogP contribution in [0.25, 0.3) is 6.08 Å². The first-order valence-electron chi connectivity index (χ1n) is 8.72. The Labute approximate surface area is 168 Å². The highest BCUT2D eigenvalue weighted by Crippen LogP contribution is 2.31. The van der Waals surface area contributed by atoms with Crippen molar-refractivity contribution < 1.29 is 19.1 Å². The first-order chi connectivity index (χ1) is 13.4. The molecule has 2 aromatic rings. The molecule has 1 aliphatic heterocycles. The van der Waals surface area contributed by atoms with Gasteiger partial charge in [-0.25, -0.2) is 4.90 Å². The zero-order chi connectivity index (χ0) is 20.3. The molecule has 2 aromatic carbocycles. The molecule has 0 unspecified atom stereocenters. The van der Waals surface area contributed by atoms with Crippen LogP contribution in [0.2, 0.25) is 0 Å². The summed E-state index contributed by atoms with van der Waals surface area (Å²) < 4.78 is 11.1. The number of hydrogen-bond acceptors (Lipinski definition) is 5. The maximum absolute atomic E-state index is 13.2. The number of anilines is 1. The fourth-order valence-corrected chi connectivity index (χ4v) is 3.08. The minimum Gasteiger partial charge on any atom is -0.495 e. The summed E-state index contributed by atoms with van der Waals surface area (Å²) in [6.07, 6.45) is 1.47. The van der Waals surface area contributed by atoms with E-state index in [1.54, 1.807) is 36.4 Å². The van der Waals surface area contributed by atoms with E-state index in [0.29, 0.717) is 22.7 Å². The second-order valence-electron chi connectivity index (χ2n) is 6.33. The number of carbonyl (C=O) groups is 2. The Morgan fingerprint density at radius 1 is 1.04 bits per heavy atom. The first-order valence-corrected chi connectivity index (χ1v) is 9.13. The quantitative estimate of drug-likeness (QED) is 0.477. The van der Waals surface area contributed by atoms with Crippen molar-refractivity contribution in [3.05, 3.63) is 59.7 Å². The minimum atomic E-state index is -0.555. The fourth-order valence-electron chi connectivity index (χ4n) is 2.81. The van der Waals surface area contributed by atoms with Crippen molar-refractivity contribution in [3.8, 4) is 11.5 Å². The van der Waals surface area contributed by atoms with Gasteiger partial charge in [-0.05, 0) is 50.3 Å². The number of nitrogens with one attached hydrogen (secondary N) is 1. The molecule has 28 heavy (non-hydrogen) atoms. The molecule has 1 N–H and O–H groups in total. The molecule has 0 saturated carbocycles. The van der Waals surface area contributed by atoms with Crippen molar-refractivity contribution in [2.24, 2.45) is 0 Å². The molecule has 1 saturated heterocycles. The predicted octanol–water partition coefficient (Wildman–Crippen LogP) is 3.31. The Morgan fingerprint density at radius 3 is 2.36 bits per heavy atom.